The van der Waals surface area contributed by atoms with Crippen molar-refractivity contribution < 1.29 is 9.59 Å². The minimum atomic E-state index is -0.161. The zero-order valence-corrected chi connectivity index (χ0v) is 14.5. The molecule has 0 saturated carbocycles. The zero-order valence-electron chi connectivity index (χ0n) is 14.5. The van der Waals surface area contributed by atoms with Crippen molar-refractivity contribution in [3.05, 3.63) is 17.5 Å². The number of carbonyl (C=O) groups is 2. The first-order valence-corrected chi connectivity index (χ1v) is 8.57. The minimum Gasteiger partial charge on any atom is -0.368 e. The van der Waals surface area contributed by atoms with Crippen LogP contribution in [0.4, 0.5) is 5.95 Å². The van der Waals surface area contributed by atoms with Crippen molar-refractivity contribution in [2.45, 2.75) is 45.1 Å². The molecule has 2 N–H and O–H groups in total. The lowest BCUT2D eigenvalue weighted by Gasteiger charge is -2.29. The van der Waals surface area contributed by atoms with E-state index in [0.29, 0.717) is 18.8 Å². The maximum atomic E-state index is 13.0. The molecule has 1 aromatic rings. The van der Waals surface area contributed by atoms with Gasteiger partial charge in [0.2, 0.25) is 11.9 Å². The average molecular weight is 331 g/mol. The Labute approximate surface area is 142 Å². The average Bonchev–Trinajstić information content (AvgIpc) is 2.71. The van der Waals surface area contributed by atoms with Gasteiger partial charge < -0.3 is 15.5 Å². The van der Waals surface area contributed by atoms with Gasteiger partial charge in [-0.15, -0.1) is 0 Å². The molecular weight excluding hydrogens is 306 g/mol. The summed E-state index contributed by atoms with van der Waals surface area (Å²) in [4.78, 5) is 37.4. The molecule has 7 heteroatoms. The zero-order chi connectivity index (χ0) is 17.4. The predicted octanol–water partition coefficient (Wildman–Crippen LogP) is 1.27. The Bertz CT molecular complexity index is 660. The van der Waals surface area contributed by atoms with Gasteiger partial charge in [-0.1, -0.05) is 20.3 Å². The second-order valence-electron chi connectivity index (χ2n) is 7.13. The van der Waals surface area contributed by atoms with Gasteiger partial charge in [0.15, 0.2) is 0 Å². The number of nitrogens with two attached hydrogens (primary N) is 1. The van der Waals surface area contributed by atoms with E-state index >= 15 is 0 Å². The molecule has 2 atom stereocenters. The van der Waals surface area contributed by atoms with Gasteiger partial charge in [-0.05, 0) is 24.8 Å². The van der Waals surface area contributed by atoms with Crippen molar-refractivity contribution in [1.82, 2.24) is 19.8 Å². The first-order valence-electron chi connectivity index (χ1n) is 8.57. The van der Waals surface area contributed by atoms with Crippen LogP contribution in [0.25, 0.3) is 0 Å². The largest absolute Gasteiger partial charge is 0.368 e. The van der Waals surface area contributed by atoms with Crippen LogP contribution in [-0.2, 0) is 4.79 Å². The normalized spacial score (nSPS) is 24.2. The summed E-state index contributed by atoms with van der Waals surface area (Å²) in [6, 6.07) is 1.80. The molecule has 2 bridgehead atoms. The van der Waals surface area contributed by atoms with Gasteiger partial charge >= 0.3 is 0 Å². The van der Waals surface area contributed by atoms with Crippen LogP contribution in [0.3, 0.4) is 0 Å². The molecule has 2 fully saturated rings. The highest BCUT2D eigenvalue weighted by atomic mass is 16.2. The SMILES string of the molecule is CC(C)c1cc(C(=O)N2C[C@H]3CCC[C@@H](C2)N(C)C3=O)nc(N)n1. The highest BCUT2D eigenvalue weighted by molar-refractivity contribution is 5.93. The van der Waals surface area contributed by atoms with Crippen LogP contribution >= 0.6 is 0 Å². The molecule has 130 valence electrons. The molecule has 0 spiro atoms. The van der Waals surface area contributed by atoms with Gasteiger partial charge in [-0.2, -0.15) is 0 Å². The van der Waals surface area contributed by atoms with Gasteiger partial charge in [0, 0.05) is 31.9 Å². The topological polar surface area (TPSA) is 92.4 Å². The third-order valence-electron chi connectivity index (χ3n) is 5.07. The number of hydrogen-bond donors (Lipinski definition) is 1. The summed E-state index contributed by atoms with van der Waals surface area (Å²) in [5.41, 5.74) is 6.86. The highest BCUT2D eigenvalue weighted by Gasteiger charge is 2.38. The number of likely N-dealkylation sites (tertiary alicyclic amines) is 1. The van der Waals surface area contributed by atoms with Crippen molar-refractivity contribution in [3.63, 3.8) is 0 Å². The molecule has 2 aliphatic rings. The molecule has 1 aromatic heterocycles. The molecule has 3 rings (SSSR count). The summed E-state index contributed by atoms with van der Waals surface area (Å²) >= 11 is 0. The number of nitrogens with zero attached hydrogens (tertiary/aromatic N) is 4. The van der Waals surface area contributed by atoms with Crippen molar-refractivity contribution in [2.75, 3.05) is 25.9 Å². The lowest BCUT2D eigenvalue weighted by atomic mass is 9.99. The van der Waals surface area contributed by atoms with E-state index in [0.717, 1.165) is 25.0 Å². The second-order valence-corrected chi connectivity index (χ2v) is 7.13. The van der Waals surface area contributed by atoms with Gasteiger partial charge in [0.25, 0.3) is 5.91 Å². The molecule has 2 saturated heterocycles. The number of hydrogen-bond acceptors (Lipinski definition) is 5. The number of rotatable bonds is 2. The lowest BCUT2D eigenvalue weighted by Crippen LogP contribution is -2.42. The Balaban J connectivity index is 1.89. The molecule has 2 amide bonds. The number of likely N-dealkylation sites (N-methyl/N-ethyl adjacent to an activating group) is 1. The second kappa shape index (κ2) is 6.37. The molecule has 7 nitrogen and oxygen atoms in total. The summed E-state index contributed by atoms with van der Waals surface area (Å²) in [7, 11) is 1.85. The maximum Gasteiger partial charge on any atom is 0.272 e. The third-order valence-corrected chi connectivity index (χ3v) is 5.07. The first-order chi connectivity index (χ1) is 11.4. The highest BCUT2D eigenvalue weighted by Crippen LogP contribution is 2.27. The summed E-state index contributed by atoms with van der Waals surface area (Å²) in [5.74, 6) is 0.157. The Morgan fingerprint density at radius 3 is 2.75 bits per heavy atom. The summed E-state index contributed by atoms with van der Waals surface area (Å²) in [6.45, 7) is 5.01. The Hall–Kier alpha value is -2.18. The van der Waals surface area contributed by atoms with Gasteiger partial charge in [-0.25, -0.2) is 9.97 Å². The molecule has 0 aromatic carbocycles. The van der Waals surface area contributed by atoms with E-state index in [4.69, 9.17) is 5.73 Å². The van der Waals surface area contributed by atoms with E-state index in [1.54, 1.807) is 11.0 Å². The van der Waals surface area contributed by atoms with Crippen LogP contribution in [0, 0.1) is 5.92 Å². The summed E-state index contributed by atoms with van der Waals surface area (Å²) in [5, 5.41) is 0. The Kier molecular flexibility index (Phi) is 4.43. The van der Waals surface area contributed by atoms with Crippen LogP contribution in [0.5, 0.6) is 0 Å². The first kappa shape index (κ1) is 16.7. The molecule has 3 heterocycles. The number of fused-ring (bicyclic) bond motifs is 3. The van der Waals surface area contributed by atoms with E-state index in [1.165, 1.54) is 0 Å². The molecule has 24 heavy (non-hydrogen) atoms. The molecule has 0 unspecified atom stereocenters. The van der Waals surface area contributed by atoms with E-state index in [9.17, 15) is 9.59 Å². The van der Waals surface area contributed by atoms with Crippen LogP contribution in [-0.4, -0.2) is 57.8 Å². The monoisotopic (exact) mass is 331 g/mol. The standard InChI is InChI=1S/C17H25N5O2/c1-10(2)13-7-14(20-17(18)19-13)16(24)22-8-11-5-4-6-12(9-22)21(3)15(11)23/h7,10-12H,4-6,8-9H2,1-3H3,(H2,18,19,20)/t11-,12+/m1/s1. The van der Waals surface area contributed by atoms with Gasteiger partial charge in [0.1, 0.15) is 5.69 Å². The molecule has 2 aliphatic heterocycles. The van der Waals surface area contributed by atoms with Crippen molar-refractivity contribution >= 4 is 17.8 Å². The van der Waals surface area contributed by atoms with E-state index in [-0.39, 0.29) is 35.6 Å². The summed E-state index contributed by atoms with van der Waals surface area (Å²) in [6.07, 6.45) is 2.81. The maximum absolute atomic E-state index is 13.0. The number of amides is 2. The Morgan fingerprint density at radius 2 is 2.04 bits per heavy atom. The minimum absolute atomic E-state index is 0.0812. The third kappa shape index (κ3) is 3.07. The smallest absolute Gasteiger partial charge is 0.272 e. The quantitative estimate of drug-likeness (QED) is 0.881. The number of aromatic nitrogens is 2. The van der Waals surface area contributed by atoms with Crippen molar-refractivity contribution in [2.24, 2.45) is 5.92 Å². The van der Waals surface area contributed by atoms with E-state index in [1.807, 2.05) is 25.8 Å². The summed E-state index contributed by atoms with van der Waals surface area (Å²) < 4.78 is 0. The molecular formula is C17H25N5O2. The van der Waals surface area contributed by atoms with Crippen LogP contribution in [0.15, 0.2) is 6.07 Å². The van der Waals surface area contributed by atoms with Gasteiger partial charge in [-0.3, -0.25) is 9.59 Å². The predicted molar refractivity (Wildman–Crippen MR) is 90.3 cm³/mol. The molecule has 0 radical (unpaired) electrons. The van der Waals surface area contributed by atoms with Crippen LogP contribution in [0.1, 0.15) is 55.2 Å². The van der Waals surface area contributed by atoms with E-state index in [2.05, 4.69) is 9.97 Å². The lowest BCUT2D eigenvalue weighted by molar-refractivity contribution is -0.134. The van der Waals surface area contributed by atoms with Crippen LogP contribution in [0.2, 0.25) is 0 Å². The van der Waals surface area contributed by atoms with Crippen molar-refractivity contribution in [1.29, 1.82) is 0 Å². The van der Waals surface area contributed by atoms with Crippen molar-refractivity contribution in [3.8, 4) is 0 Å². The van der Waals surface area contributed by atoms with E-state index < -0.39 is 0 Å². The van der Waals surface area contributed by atoms with Gasteiger partial charge in [0.05, 0.1) is 5.92 Å². The molecule has 0 aliphatic carbocycles. The number of anilines is 1. The van der Waals surface area contributed by atoms with Crippen LogP contribution < -0.4 is 5.73 Å². The number of carbonyl (C=O) groups excluding carboxylic acids is 2. The fourth-order valence-corrected chi connectivity index (χ4v) is 3.58. The fraction of sp³-hybridized carbons (Fsp3) is 0.647. The Morgan fingerprint density at radius 1 is 1.29 bits per heavy atom. The fourth-order valence-electron chi connectivity index (χ4n) is 3.58. The number of nitrogen functional groups attached to an aromatic ring is 1.